The molecule has 22 heavy (non-hydrogen) atoms. The number of carbonyl (C=O) groups excluding carboxylic acids is 1. The third-order valence-corrected chi connectivity index (χ3v) is 5.27. The molecule has 0 saturated carbocycles. The first kappa shape index (κ1) is 21.5. The largest absolute Gasteiger partial charge is 0.469 e. The molecule has 0 aromatic heterocycles. The second-order valence-corrected chi connectivity index (χ2v) is 7.12. The van der Waals surface area contributed by atoms with Gasteiger partial charge in [0, 0.05) is 0 Å². The van der Waals surface area contributed by atoms with Gasteiger partial charge in [0.25, 0.3) is 0 Å². The maximum absolute atomic E-state index is 11.6. The van der Waals surface area contributed by atoms with E-state index in [1.165, 1.54) is 77.7 Å². The molecule has 0 aliphatic rings. The molecule has 0 aliphatic heterocycles. The van der Waals surface area contributed by atoms with E-state index in [0.717, 1.165) is 0 Å². The number of hydrogen-bond acceptors (Lipinski definition) is 2. The molecule has 0 rings (SSSR count). The molecule has 3 atom stereocenters. The van der Waals surface area contributed by atoms with Gasteiger partial charge in [-0.1, -0.05) is 98.3 Å². The summed E-state index contributed by atoms with van der Waals surface area (Å²) in [6.07, 6.45) is 15.1. The minimum Gasteiger partial charge on any atom is -0.469 e. The van der Waals surface area contributed by atoms with Gasteiger partial charge < -0.3 is 4.74 Å². The molecule has 132 valence electrons. The van der Waals surface area contributed by atoms with Crippen LogP contribution in [-0.4, -0.2) is 13.1 Å². The molecule has 3 unspecified atom stereocenters. The summed E-state index contributed by atoms with van der Waals surface area (Å²) in [6.45, 7) is 8.72. The maximum Gasteiger partial charge on any atom is 0.308 e. The monoisotopic (exact) mass is 312 g/mol. The highest BCUT2D eigenvalue weighted by atomic mass is 16.5. The van der Waals surface area contributed by atoms with Crippen LogP contribution in [0.4, 0.5) is 0 Å². The Kier molecular flexibility index (Phi) is 13.7. The molecule has 0 saturated heterocycles. The Bertz CT molecular complexity index is 262. The standard InChI is InChI=1S/C20H40O2/c1-6-7-8-9-10-11-12-13-14-15-16-17(2)18(3)19(4)20(21)22-5/h17-19H,6-16H2,1-5H3. The quantitative estimate of drug-likeness (QED) is 0.275. The molecule has 0 aromatic carbocycles. The van der Waals surface area contributed by atoms with Gasteiger partial charge >= 0.3 is 5.97 Å². The summed E-state index contributed by atoms with van der Waals surface area (Å²) in [5.41, 5.74) is 0. The topological polar surface area (TPSA) is 26.3 Å². The number of rotatable bonds is 14. The van der Waals surface area contributed by atoms with Crippen LogP contribution in [0.25, 0.3) is 0 Å². The van der Waals surface area contributed by atoms with E-state index in [1.54, 1.807) is 0 Å². The average Bonchev–Trinajstić information content (AvgIpc) is 2.54. The van der Waals surface area contributed by atoms with E-state index in [9.17, 15) is 4.79 Å². The van der Waals surface area contributed by atoms with Gasteiger partial charge in [-0.05, 0) is 11.8 Å². The van der Waals surface area contributed by atoms with Crippen LogP contribution in [0.5, 0.6) is 0 Å². The molecule has 0 N–H and O–H groups in total. The fourth-order valence-corrected chi connectivity index (χ4v) is 3.11. The molecular weight excluding hydrogens is 272 g/mol. The van der Waals surface area contributed by atoms with E-state index in [0.29, 0.717) is 11.8 Å². The molecule has 0 fully saturated rings. The third-order valence-electron chi connectivity index (χ3n) is 5.27. The number of ether oxygens (including phenoxy) is 1. The summed E-state index contributed by atoms with van der Waals surface area (Å²) in [5.74, 6) is 0.958. The van der Waals surface area contributed by atoms with Crippen LogP contribution in [0.1, 0.15) is 98.3 Å². The van der Waals surface area contributed by atoms with Crippen molar-refractivity contribution in [2.75, 3.05) is 7.11 Å². The molecule has 0 aliphatic carbocycles. The molecule has 0 spiro atoms. The van der Waals surface area contributed by atoms with Crippen molar-refractivity contribution in [3.63, 3.8) is 0 Å². The predicted molar refractivity (Wildman–Crippen MR) is 96.0 cm³/mol. The number of hydrogen-bond donors (Lipinski definition) is 0. The highest BCUT2D eigenvalue weighted by molar-refractivity contribution is 5.72. The van der Waals surface area contributed by atoms with Crippen LogP contribution in [0.2, 0.25) is 0 Å². The summed E-state index contributed by atoms with van der Waals surface area (Å²) >= 11 is 0. The Labute approximate surface area is 139 Å². The maximum atomic E-state index is 11.6. The van der Waals surface area contributed by atoms with Gasteiger partial charge in [0.2, 0.25) is 0 Å². The Morgan fingerprint density at radius 3 is 1.73 bits per heavy atom. The summed E-state index contributed by atoms with van der Waals surface area (Å²) in [4.78, 5) is 11.6. The zero-order valence-electron chi connectivity index (χ0n) is 15.8. The summed E-state index contributed by atoms with van der Waals surface area (Å²) < 4.78 is 4.85. The van der Waals surface area contributed by atoms with Gasteiger partial charge in [0.1, 0.15) is 0 Å². The molecule has 0 amide bonds. The normalized spacial score (nSPS) is 15.3. The Hall–Kier alpha value is -0.530. The molecule has 2 nitrogen and oxygen atoms in total. The lowest BCUT2D eigenvalue weighted by Crippen LogP contribution is -2.25. The van der Waals surface area contributed by atoms with E-state index in [2.05, 4.69) is 20.8 Å². The van der Waals surface area contributed by atoms with E-state index in [1.807, 2.05) is 6.92 Å². The van der Waals surface area contributed by atoms with E-state index in [4.69, 9.17) is 4.74 Å². The second kappa shape index (κ2) is 14.1. The fourth-order valence-electron chi connectivity index (χ4n) is 3.11. The average molecular weight is 313 g/mol. The minimum atomic E-state index is -0.0672. The lowest BCUT2D eigenvalue weighted by Gasteiger charge is -2.24. The molecule has 0 aromatic rings. The molecule has 0 heterocycles. The summed E-state index contributed by atoms with van der Waals surface area (Å²) in [5, 5.41) is 0. The van der Waals surface area contributed by atoms with Crippen molar-refractivity contribution < 1.29 is 9.53 Å². The van der Waals surface area contributed by atoms with Crippen molar-refractivity contribution in [3.05, 3.63) is 0 Å². The van der Waals surface area contributed by atoms with Gasteiger partial charge in [0.05, 0.1) is 13.0 Å². The Morgan fingerprint density at radius 2 is 1.27 bits per heavy atom. The predicted octanol–water partition coefficient (Wildman–Crippen LogP) is 6.38. The summed E-state index contributed by atoms with van der Waals surface area (Å²) in [7, 11) is 1.48. The zero-order valence-corrected chi connectivity index (χ0v) is 15.8. The molecule has 2 heteroatoms. The number of methoxy groups -OCH3 is 1. The summed E-state index contributed by atoms with van der Waals surface area (Å²) in [6, 6.07) is 0. The number of unbranched alkanes of at least 4 members (excludes halogenated alkanes) is 9. The van der Waals surface area contributed by atoms with Crippen LogP contribution < -0.4 is 0 Å². The lowest BCUT2D eigenvalue weighted by molar-refractivity contribution is -0.147. The van der Waals surface area contributed by atoms with E-state index >= 15 is 0 Å². The SMILES string of the molecule is CCCCCCCCCCCCC(C)C(C)C(C)C(=O)OC. The zero-order chi connectivity index (χ0) is 16.8. The van der Waals surface area contributed by atoms with Gasteiger partial charge in [0.15, 0.2) is 0 Å². The lowest BCUT2D eigenvalue weighted by atomic mass is 9.82. The van der Waals surface area contributed by atoms with Gasteiger partial charge in [-0.3, -0.25) is 4.79 Å². The second-order valence-electron chi connectivity index (χ2n) is 7.12. The van der Waals surface area contributed by atoms with Gasteiger partial charge in [-0.25, -0.2) is 0 Å². The van der Waals surface area contributed by atoms with Crippen molar-refractivity contribution in [2.24, 2.45) is 17.8 Å². The van der Waals surface area contributed by atoms with Crippen molar-refractivity contribution in [1.29, 1.82) is 0 Å². The first-order valence-electron chi connectivity index (χ1n) is 9.62. The van der Waals surface area contributed by atoms with Crippen molar-refractivity contribution in [2.45, 2.75) is 98.3 Å². The van der Waals surface area contributed by atoms with Crippen molar-refractivity contribution in [3.8, 4) is 0 Å². The Balaban J connectivity index is 3.52. The third kappa shape index (κ3) is 10.2. The first-order chi connectivity index (χ1) is 10.5. The van der Waals surface area contributed by atoms with Crippen molar-refractivity contribution in [1.82, 2.24) is 0 Å². The highest BCUT2D eigenvalue weighted by Gasteiger charge is 2.25. The van der Waals surface area contributed by atoms with Crippen LogP contribution in [0, 0.1) is 17.8 Å². The highest BCUT2D eigenvalue weighted by Crippen LogP contribution is 2.26. The van der Waals surface area contributed by atoms with Gasteiger partial charge in [-0.2, -0.15) is 0 Å². The fraction of sp³-hybridized carbons (Fsp3) is 0.950. The van der Waals surface area contributed by atoms with Crippen LogP contribution in [0.3, 0.4) is 0 Å². The van der Waals surface area contributed by atoms with E-state index in [-0.39, 0.29) is 11.9 Å². The molecular formula is C20H40O2. The number of esters is 1. The van der Waals surface area contributed by atoms with Gasteiger partial charge in [-0.15, -0.1) is 0 Å². The van der Waals surface area contributed by atoms with E-state index < -0.39 is 0 Å². The number of carbonyl (C=O) groups is 1. The molecule has 0 bridgehead atoms. The minimum absolute atomic E-state index is 0.0168. The van der Waals surface area contributed by atoms with Crippen LogP contribution >= 0.6 is 0 Å². The Morgan fingerprint density at radius 1 is 0.818 bits per heavy atom. The van der Waals surface area contributed by atoms with Crippen molar-refractivity contribution >= 4 is 5.97 Å². The smallest absolute Gasteiger partial charge is 0.308 e. The van der Waals surface area contributed by atoms with Crippen LogP contribution in [-0.2, 0) is 9.53 Å². The van der Waals surface area contributed by atoms with Crippen LogP contribution in [0.15, 0.2) is 0 Å². The first-order valence-corrected chi connectivity index (χ1v) is 9.62. The molecule has 0 radical (unpaired) electrons.